The van der Waals surface area contributed by atoms with Gasteiger partial charge >= 0.3 is 0 Å². The fourth-order valence-electron chi connectivity index (χ4n) is 2.31. The summed E-state index contributed by atoms with van der Waals surface area (Å²) in [7, 11) is 0. The van der Waals surface area contributed by atoms with Gasteiger partial charge in [-0.15, -0.1) is 0 Å². The summed E-state index contributed by atoms with van der Waals surface area (Å²) in [6, 6.07) is 12.6. The number of nitriles is 1. The fraction of sp³-hybridized carbons (Fsp3) is 0.235. The Morgan fingerprint density at radius 3 is 2.83 bits per heavy atom. The number of carbonyl (C=O) groups excluding carboxylic acids is 1. The molecule has 116 valence electrons. The van der Waals surface area contributed by atoms with E-state index >= 15 is 0 Å². The molecule has 0 saturated carbocycles. The summed E-state index contributed by atoms with van der Waals surface area (Å²) in [6.07, 6.45) is 3.95. The fourth-order valence-corrected chi connectivity index (χ4v) is 3.58. The molecule has 6 heteroatoms. The van der Waals surface area contributed by atoms with Crippen LogP contribution >= 0.6 is 11.8 Å². The lowest BCUT2D eigenvalue weighted by Gasteiger charge is -2.21. The predicted molar refractivity (Wildman–Crippen MR) is 88.5 cm³/mol. The predicted octanol–water partition coefficient (Wildman–Crippen LogP) is 3.00. The first-order valence-corrected chi connectivity index (χ1v) is 8.36. The third-order valence-electron chi connectivity index (χ3n) is 3.57. The van der Waals surface area contributed by atoms with E-state index in [0.717, 1.165) is 5.75 Å². The van der Waals surface area contributed by atoms with E-state index in [1.807, 2.05) is 0 Å². The zero-order valence-corrected chi connectivity index (χ0v) is 13.2. The summed E-state index contributed by atoms with van der Waals surface area (Å²) in [5.74, 6) is 2.48. The average Bonchev–Trinajstić information content (AvgIpc) is 3.05. The van der Waals surface area contributed by atoms with Crippen molar-refractivity contribution in [3.63, 3.8) is 0 Å². The number of aromatic nitrogens is 1. The van der Waals surface area contributed by atoms with Crippen LogP contribution in [-0.2, 0) is 0 Å². The van der Waals surface area contributed by atoms with Crippen LogP contribution < -0.4 is 10.1 Å². The number of ether oxygens (including phenoxy) is 1. The molecular weight excluding hydrogens is 310 g/mol. The molecular formula is C17H15N3O2S. The summed E-state index contributed by atoms with van der Waals surface area (Å²) in [5, 5.41) is 12.2. The molecule has 3 rings (SSSR count). The zero-order valence-electron chi connectivity index (χ0n) is 12.4. The molecule has 1 aliphatic heterocycles. The van der Waals surface area contributed by atoms with Gasteiger partial charge in [0, 0.05) is 23.7 Å². The van der Waals surface area contributed by atoms with Crippen LogP contribution in [-0.4, -0.2) is 27.9 Å². The molecule has 1 atom stereocenters. The molecule has 1 aromatic heterocycles. The molecule has 1 aromatic carbocycles. The SMILES string of the molecule is N#C[C@@]1(NC(=O)c2cccc(Oc3ccncc3)c2)CCSC1. The molecule has 0 aliphatic carbocycles. The Morgan fingerprint density at radius 2 is 2.13 bits per heavy atom. The molecule has 0 spiro atoms. The molecule has 2 aromatic rings. The maximum Gasteiger partial charge on any atom is 0.252 e. The number of nitrogens with zero attached hydrogens (tertiary/aromatic N) is 2. The summed E-state index contributed by atoms with van der Waals surface area (Å²) < 4.78 is 5.70. The normalized spacial score (nSPS) is 19.8. The number of benzene rings is 1. The first-order valence-electron chi connectivity index (χ1n) is 7.20. The molecule has 1 fully saturated rings. The van der Waals surface area contributed by atoms with Gasteiger partial charge < -0.3 is 10.1 Å². The maximum atomic E-state index is 12.4. The van der Waals surface area contributed by atoms with Crippen LogP contribution in [0.5, 0.6) is 11.5 Å². The van der Waals surface area contributed by atoms with Gasteiger partial charge in [-0.3, -0.25) is 9.78 Å². The first kappa shape index (κ1) is 15.4. The number of carbonyl (C=O) groups is 1. The van der Waals surface area contributed by atoms with Crippen molar-refractivity contribution >= 4 is 17.7 Å². The Bertz CT molecular complexity index is 737. The molecule has 1 saturated heterocycles. The van der Waals surface area contributed by atoms with Crippen molar-refractivity contribution in [3.05, 3.63) is 54.4 Å². The number of thioether (sulfide) groups is 1. The van der Waals surface area contributed by atoms with Crippen molar-refractivity contribution in [2.24, 2.45) is 0 Å². The van der Waals surface area contributed by atoms with Gasteiger partial charge in [0.25, 0.3) is 5.91 Å². The standard InChI is InChI=1S/C17H15N3O2S/c18-11-17(6-9-23-12-17)20-16(21)13-2-1-3-15(10-13)22-14-4-7-19-8-5-14/h1-5,7-8,10H,6,9,12H2,(H,20,21)/t17-/m0/s1. The lowest BCUT2D eigenvalue weighted by molar-refractivity contribution is 0.0926. The van der Waals surface area contributed by atoms with E-state index in [9.17, 15) is 10.1 Å². The smallest absolute Gasteiger partial charge is 0.252 e. The zero-order chi connectivity index (χ0) is 16.1. The Balaban J connectivity index is 1.74. The van der Waals surface area contributed by atoms with Crippen LogP contribution in [0.15, 0.2) is 48.8 Å². The van der Waals surface area contributed by atoms with Crippen LogP contribution in [0.1, 0.15) is 16.8 Å². The second kappa shape index (κ2) is 6.71. The molecule has 0 bridgehead atoms. The van der Waals surface area contributed by atoms with E-state index in [4.69, 9.17) is 4.74 Å². The average molecular weight is 325 g/mol. The highest BCUT2D eigenvalue weighted by Gasteiger charge is 2.36. The van der Waals surface area contributed by atoms with Crippen LogP contribution in [0.4, 0.5) is 0 Å². The van der Waals surface area contributed by atoms with Gasteiger partial charge in [-0.1, -0.05) is 6.07 Å². The lowest BCUT2D eigenvalue weighted by atomic mass is 10.0. The topological polar surface area (TPSA) is 75.0 Å². The van der Waals surface area contributed by atoms with E-state index < -0.39 is 5.54 Å². The number of hydrogen-bond acceptors (Lipinski definition) is 5. The van der Waals surface area contributed by atoms with Gasteiger partial charge in [0.05, 0.1) is 6.07 Å². The van der Waals surface area contributed by atoms with Gasteiger partial charge in [-0.25, -0.2) is 0 Å². The number of hydrogen-bond donors (Lipinski definition) is 1. The molecule has 1 N–H and O–H groups in total. The highest BCUT2D eigenvalue weighted by Crippen LogP contribution is 2.28. The Kier molecular flexibility index (Phi) is 4.49. The highest BCUT2D eigenvalue weighted by atomic mass is 32.2. The van der Waals surface area contributed by atoms with E-state index in [2.05, 4.69) is 16.4 Å². The van der Waals surface area contributed by atoms with Gasteiger partial charge in [-0.05, 0) is 42.5 Å². The third kappa shape index (κ3) is 3.63. The monoisotopic (exact) mass is 325 g/mol. The molecule has 1 amide bonds. The Morgan fingerprint density at radius 1 is 1.30 bits per heavy atom. The van der Waals surface area contributed by atoms with E-state index in [0.29, 0.717) is 29.2 Å². The van der Waals surface area contributed by atoms with Crippen LogP contribution in [0, 0.1) is 11.3 Å². The summed E-state index contributed by atoms with van der Waals surface area (Å²) in [6.45, 7) is 0. The minimum Gasteiger partial charge on any atom is -0.457 e. The maximum absolute atomic E-state index is 12.4. The number of nitrogens with one attached hydrogen (secondary N) is 1. The second-order valence-electron chi connectivity index (χ2n) is 5.26. The summed E-state index contributed by atoms with van der Waals surface area (Å²) in [4.78, 5) is 16.4. The molecule has 23 heavy (non-hydrogen) atoms. The second-order valence-corrected chi connectivity index (χ2v) is 6.37. The molecule has 5 nitrogen and oxygen atoms in total. The minimum atomic E-state index is -0.760. The summed E-state index contributed by atoms with van der Waals surface area (Å²) in [5.41, 5.74) is -0.285. The van der Waals surface area contributed by atoms with Crippen molar-refractivity contribution in [2.45, 2.75) is 12.0 Å². The summed E-state index contributed by atoms with van der Waals surface area (Å²) >= 11 is 1.68. The highest BCUT2D eigenvalue weighted by molar-refractivity contribution is 7.99. The van der Waals surface area contributed by atoms with Crippen LogP contribution in [0.25, 0.3) is 0 Å². The Hall–Kier alpha value is -2.52. The molecule has 2 heterocycles. The van der Waals surface area contributed by atoms with Crippen molar-refractivity contribution in [1.82, 2.24) is 10.3 Å². The quantitative estimate of drug-likeness (QED) is 0.935. The number of rotatable bonds is 4. The largest absolute Gasteiger partial charge is 0.457 e. The van der Waals surface area contributed by atoms with Gasteiger partial charge in [-0.2, -0.15) is 17.0 Å². The molecule has 0 unspecified atom stereocenters. The number of amides is 1. The first-order chi connectivity index (χ1) is 11.2. The molecule has 0 radical (unpaired) electrons. The van der Waals surface area contributed by atoms with Crippen molar-refractivity contribution < 1.29 is 9.53 Å². The van der Waals surface area contributed by atoms with E-state index in [1.165, 1.54) is 0 Å². The lowest BCUT2D eigenvalue weighted by Crippen LogP contribution is -2.47. The van der Waals surface area contributed by atoms with Crippen molar-refractivity contribution in [1.29, 1.82) is 5.26 Å². The van der Waals surface area contributed by atoms with Crippen molar-refractivity contribution in [3.8, 4) is 17.6 Å². The third-order valence-corrected chi connectivity index (χ3v) is 4.76. The number of pyridine rings is 1. The van der Waals surface area contributed by atoms with Crippen LogP contribution in [0.2, 0.25) is 0 Å². The van der Waals surface area contributed by atoms with Crippen molar-refractivity contribution in [2.75, 3.05) is 11.5 Å². The Labute approximate surface area is 138 Å². The van der Waals surface area contributed by atoms with Gasteiger partial charge in [0.15, 0.2) is 0 Å². The van der Waals surface area contributed by atoms with Crippen LogP contribution in [0.3, 0.4) is 0 Å². The van der Waals surface area contributed by atoms with Gasteiger partial charge in [0.2, 0.25) is 0 Å². The van der Waals surface area contributed by atoms with E-state index in [-0.39, 0.29) is 5.91 Å². The van der Waals surface area contributed by atoms with Gasteiger partial charge in [0.1, 0.15) is 17.0 Å². The minimum absolute atomic E-state index is 0.255. The molecule has 1 aliphatic rings. The van der Waals surface area contributed by atoms with E-state index in [1.54, 1.807) is 60.6 Å².